The summed E-state index contributed by atoms with van der Waals surface area (Å²) in [6.45, 7) is 2.22. The molecule has 100 valence electrons. The van der Waals surface area contributed by atoms with Crippen LogP contribution in [0.3, 0.4) is 0 Å². The monoisotopic (exact) mass is 277 g/mol. The minimum Gasteiger partial charge on any atom is -0.465 e. The predicted molar refractivity (Wildman–Crippen MR) is 71.9 cm³/mol. The van der Waals surface area contributed by atoms with Crippen molar-refractivity contribution in [3.63, 3.8) is 0 Å². The van der Waals surface area contributed by atoms with E-state index in [0.717, 1.165) is 24.1 Å². The topological polar surface area (TPSA) is 67.9 Å². The summed E-state index contributed by atoms with van der Waals surface area (Å²) in [5.74, 6) is 1.11. The quantitative estimate of drug-likeness (QED) is 0.872. The van der Waals surface area contributed by atoms with Crippen LogP contribution in [-0.2, 0) is 14.9 Å². The zero-order valence-corrected chi connectivity index (χ0v) is 11.5. The van der Waals surface area contributed by atoms with Crippen molar-refractivity contribution in [2.24, 2.45) is 0 Å². The van der Waals surface area contributed by atoms with Gasteiger partial charge in [0.2, 0.25) is 0 Å². The van der Waals surface area contributed by atoms with Crippen molar-refractivity contribution in [3.05, 3.63) is 23.3 Å². The molecule has 1 saturated carbocycles. The minimum atomic E-state index is -0.599. The Morgan fingerprint density at radius 2 is 2.42 bits per heavy atom. The van der Waals surface area contributed by atoms with Gasteiger partial charge in [-0.3, -0.25) is 9.89 Å². The van der Waals surface area contributed by atoms with Crippen molar-refractivity contribution in [2.75, 3.05) is 6.61 Å². The van der Waals surface area contributed by atoms with Crippen molar-refractivity contribution < 1.29 is 9.53 Å². The molecular weight excluding hydrogens is 262 g/mol. The number of nitrogens with zero attached hydrogens (tertiary/aromatic N) is 2. The molecule has 0 bridgehead atoms. The van der Waals surface area contributed by atoms with E-state index in [0.29, 0.717) is 18.3 Å². The molecule has 2 heterocycles. The highest BCUT2D eigenvalue weighted by molar-refractivity contribution is 7.13. The van der Waals surface area contributed by atoms with Crippen LogP contribution in [-0.4, -0.2) is 27.8 Å². The number of thiophene rings is 1. The van der Waals surface area contributed by atoms with Crippen LogP contribution < -0.4 is 0 Å². The number of hydrogen-bond donors (Lipinski definition) is 1. The molecule has 0 aliphatic heterocycles. The standard InChI is InChI=1S/C13H15N3O2S/c1-2-18-12(17)13(6-4-7-13)11-14-10(15-16-11)9-5-3-8-19-9/h3,5,8H,2,4,6-7H2,1H3,(H,14,15,16). The molecule has 0 unspecified atom stereocenters. The number of ether oxygens (including phenoxy) is 1. The Bertz CT molecular complexity index is 572. The highest BCUT2D eigenvalue weighted by Crippen LogP contribution is 2.43. The van der Waals surface area contributed by atoms with E-state index >= 15 is 0 Å². The third-order valence-electron chi connectivity index (χ3n) is 3.55. The van der Waals surface area contributed by atoms with E-state index in [9.17, 15) is 4.79 Å². The summed E-state index contributed by atoms with van der Waals surface area (Å²) < 4.78 is 5.18. The molecule has 1 fully saturated rings. The van der Waals surface area contributed by atoms with E-state index < -0.39 is 5.41 Å². The Morgan fingerprint density at radius 1 is 1.58 bits per heavy atom. The minimum absolute atomic E-state index is 0.185. The molecule has 0 amide bonds. The van der Waals surface area contributed by atoms with Gasteiger partial charge in [-0.2, -0.15) is 5.10 Å². The second-order valence-corrected chi connectivity index (χ2v) is 5.59. The van der Waals surface area contributed by atoms with Crippen LogP contribution in [0.1, 0.15) is 32.0 Å². The zero-order valence-electron chi connectivity index (χ0n) is 10.7. The SMILES string of the molecule is CCOC(=O)C1(c2nc(-c3cccs3)n[nH]2)CCC1. The molecule has 0 atom stereocenters. The van der Waals surface area contributed by atoms with Crippen LogP contribution in [0.15, 0.2) is 17.5 Å². The molecule has 0 aromatic carbocycles. The molecule has 6 heteroatoms. The molecule has 2 aromatic heterocycles. The maximum Gasteiger partial charge on any atom is 0.319 e. The molecular formula is C13H15N3O2S. The summed E-state index contributed by atoms with van der Waals surface area (Å²) in [5.41, 5.74) is -0.599. The Kier molecular flexibility index (Phi) is 3.10. The first-order chi connectivity index (χ1) is 9.26. The Balaban J connectivity index is 1.91. The average Bonchev–Trinajstić information content (AvgIpc) is 2.97. The van der Waals surface area contributed by atoms with E-state index in [-0.39, 0.29) is 5.97 Å². The summed E-state index contributed by atoms with van der Waals surface area (Å²) in [6.07, 6.45) is 2.59. The fraction of sp³-hybridized carbons (Fsp3) is 0.462. The predicted octanol–water partition coefficient (Wildman–Crippen LogP) is 2.52. The first-order valence-electron chi connectivity index (χ1n) is 6.40. The van der Waals surface area contributed by atoms with Crippen molar-refractivity contribution in [2.45, 2.75) is 31.6 Å². The van der Waals surface area contributed by atoms with Crippen molar-refractivity contribution in [1.82, 2.24) is 15.2 Å². The second-order valence-electron chi connectivity index (χ2n) is 4.64. The lowest BCUT2D eigenvalue weighted by Crippen LogP contribution is -2.44. The van der Waals surface area contributed by atoms with Crippen LogP contribution in [0.25, 0.3) is 10.7 Å². The van der Waals surface area contributed by atoms with Gasteiger partial charge in [-0.15, -0.1) is 11.3 Å². The molecule has 1 aliphatic rings. The summed E-state index contributed by atoms with van der Waals surface area (Å²) >= 11 is 1.58. The summed E-state index contributed by atoms with van der Waals surface area (Å²) in [7, 11) is 0. The van der Waals surface area contributed by atoms with E-state index in [2.05, 4.69) is 15.2 Å². The van der Waals surface area contributed by atoms with Crippen molar-refractivity contribution in [3.8, 4) is 10.7 Å². The lowest BCUT2D eigenvalue weighted by molar-refractivity contribution is -0.154. The van der Waals surface area contributed by atoms with Crippen LogP contribution in [0, 0.1) is 0 Å². The number of aromatic amines is 1. The van der Waals surface area contributed by atoms with Gasteiger partial charge in [-0.25, -0.2) is 4.98 Å². The number of aromatic nitrogens is 3. The average molecular weight is 277 g/mol. The number of nitrogens with one attached hydrogen (secondary N) is 1. The molecule has 1 aliphatic carbocycles. The van der Waals surface area contributed by atoms with Gasteiger partial charge in [0.15, 0.2) is 5.82 Å². The fourth-order valence-electron chi connectivity index (χ4n) is 2.33. The van der Waals surface area contributed by atoms with E-state index in [1.54, 1.807) is 11.3 Å². The van der Waals surface area contributed by atoms with Gasteiger partial charge in [-0.05, 0) is 31.2 Å². The second kappa shape index (κ2) is 4.77. The normalized spacial score (nSPS) is 16.9. The molecule has 0 spiro atoms. The molecule has 5 nitrogen and oxygen atoms in total. The van der Waals surface area contributed by atoms with Gasteiger partial charge in [0.1, 0.15) is 11.2 Å². The van der Waals surface area contributed by atoms with Gasteiger partial charge in [0, 0.05) is 0 Å². The molecule has 0 saturated heterocycles. The van der Waals surface area contributed by atoms with Crippen LogP contribution >= 0.6 is 11.3 Å². The molecule has 19 heavy (non-hydrogen) atoms. The molecule has 1 N–H and O–H groups in total. The molecule has 0 radical (unpaired) electrons. The lowest BCUT2D eigenvalue weighted by atomic mass is 9.68. The van der Waals surface area contributed by atoms with E-state index in [4.69, 9.17) is 4.74 Å². The van der Waals surface area contributed by atoms with Crippen molar-refractivity contribution >= 4 is 17.3 Å². The number of hydrogen-bond acceptors (Lipinski definition) is 5. The number of esters is 1. The van der Waals surface area contributed by atoms with E-state index in [1.807, 2.05) is 24.4 Å². The van der Waals surface area contributed by atoms with Gasteiger partial charge >= 0.3 is 5.97 Å². The van der Waals surface area contributed by atoms with Crippen LogP contribution in [0.2, 0.25) is 0 Å². The summed E-state index contributed by atoms with van der Waals surface area (Å²) in [6, 6.07) is 3.93. The Morgan fingerprint density at radius 3 is 3.00 bits per heavy atom. The van der Waals surface area contributed by atoms with E-state index in [1.165, 1.54) is 0 Å². The number of carbonyl (C=O) groups excluding carboxylic acids is 1. The lowest BCUT2D eigenvalue weighted by Gasteiger charge is -2.36. The maximum absolute atomic E-state index is 12.1. The largest absolute Gasteiger partial charge is 0.465 e. The third-order valence-corrected chi connectivity index (χ3v) is 4.42. The smallest absolute Gasteiger partial charge is 0.319 e. The van der Waals surface area contributed by atoms with Crippen LogP contribution in [0.5, 0.6) is 0 Å². The van der Waals surface area contributed by atoms with Crippen LogP contribution in [0.4, 0.5) is 0 Å². The highest BCUT2D eigenvalue weighted by atomic mass is 32.1. The number of H-pyrrole nitrogens is 1. The molecule has 2 aromatic rings. The fourth-order valence-corrected chi connectivity index (χ4v) is 2.99. The van der Waals surface area contributed by atoms with Crippen molar-refractivity contribution in [1.29, 1.82) is 0 Å². The third kappa shape index (κ3) is 1.96. The van der Waals surface area contributed by atoms with Gasteiger partial charge in [-0.1, -0.05) is 12.5 Å². The highest BCUT2D eigenvalue weighted by Gasteiger charge is 2.50. The van der Waals surface area contributed by atoms with Gasteiger partial charge < -0.3 is 4.74 Å². The zero-order chi connectivity index (χ0) is 13.3. The van der Waals surface area contributed by atoms with Gasteiger partial charge in [0.25, 0.3) is 0 Å². The van der Waals surface area contributed by atoms with Gasteiger partial charge in [0.05, 0.1) is 11.5 Å². The summed E-state index contributed by atoms with van der Waals surface area (Å²) in [4.78, 5) is 17.6. The summed E-state index contributed by atoms with van der Waals surface area (Å²) in [5, 5.41) is 9.12. The first-order valence-corrected chi connectivity index (χ1v) is 7.28. The Hall–Kier alpha value is -1.69. The number of rotatable bonds is 4. The maximum atomic E-state index is 12.1. The molecule has 3 rings (SSSR count). The Labute approximate surface area is 115 Å². The first kappa shape index (κ1) is 12.3. The number of carbonyl (C=O) groups is 1.